The lowest BCUT2D eigenvalue weighted by atomic mass is 10.2. The Balaban J connectivity index is 2.60. The van der Waals surface area contributed by atoms with Gasteiger partial charge in [0.2, 0.25) is 0 Å². The van der Waals surface area contributed by atoms with Gasteiger partial charge < -0.3 is 10.8 Å². The summed E-state index contributed by atoms with van der Waals surface area (Å²) in [5.41, 5.74) is 6.07. The van der Waals surface area contributed by atoms with Gasteiger partial charge in [0.15, 0.2) is 0 Å². The van der Waals surface area contributed by atoms with Crippen LogP contribution >= 0.6 is 0 Å². The smallest absolute Gasteiger partial charge is 0.127 e. The molecule has 0 saturated carbocycles. The Morgan fingerprint density at radius 3 is 2.60 bits per heavy atom. The molecule has 0 bridgehead atoms. The van der Waals surface area contributed by atoms with E-state index in [9.17, 15) is 4.39 Å². The Kier molecular flexibility index (Phi) is 5.25. The summed E-state index contributed by atoms with van der Waals surface area (Å²) in [6.07, 6.45) is 0. The molecule has 0 aliphatic rings. The van der Waals surface area contributed by atoms with Crippen molar-refractivity contribution in [1.82, 2.24) is 4.90 Å². The standard InChI is InChI=1S/C11H17FN2O/c12-11-4-2-1-3-10(11)9-14(6-5-13)7-8-15/h1-4,15H,5-9,13H2. The molecule has 15 heavy (non-hydrogen) atoms. The van der Waals surface area contributed by atoms with E-state index in [-0.39, 0.29) is 12.4 Å². The lowest BCUT2D eigenvalue weighted by molar-refractivity contribution is 0.192. The Bertz CT molecular complexity index is 288. The molecule has 0 saturated heterocycles. The molecule has 0 radical (unpaired) electrons. The van der Waals surface area contributed by atoms with Gasteiger partial charge in [0.1, 0.15) is 5.82 Å². The topological polar surface area (TPSA) is 49.5 Å². The molecule has 0 aromatic heterocycles. The summed E-state index contributed by atoms with van der Waals surface area (Å²) in [5, 5.41) is 8.83. The highest BCUT2D eigenvalue weighted by molar-refractivity contribution is 5.17. The second-order valence-corrected chi connectivity index (χ2v) is 3.38. The van der Waals surface area contributed by atoms with Crippen LogP contribution in [0.1, 0.15) is 5.56 Å². The van der Waals surface area contributed by atoms with Crippen molar-refractivity contribution >= 4 is 0 Å². The van der Waals surface area contributed by atoms with Crippen LogP contribution in [-0.2, 0) is 6.54 Å². The highest BCUT2D eigenvalue weighted by atomic mass is 19.1. The molecule has 0 spiro atoms. The van der Waals surface area contributed by atoms with Crippen molar-refractivity contribution in [1.29, 1.82) is 0 Å². The number of nitrogens with two attached hydrogens (primary N) is 1. The van der Waals surface area contributed by atoms with Crippen LogP contribution in [0.5, 0.6) is 0 Å². The zero-order chi connectivity index (χ0) is 11.1. The van der Waals surface area contributed by atoms with Gasteiger partial charge in [0, 0.05) is 31.7 Å². The molecular formula is C11H17FN2O. The van der Waals surface area contributed by atoms with Crippen molar-refractivity contribution in [3.05, 3.63) is 35.6 Å². The third-order valence-electron chi connectivity index (χ3n) is 2.21. The minimum absolute atomic E-state index is 0.0639. The fraction of sp³-hybridized carbons (Fsp3) is 0.455. The number of benzene rings is 1. The first kappa shape index (κ1) is 12.1. The molecule has 0 heterocycles. The number of aliphatic hydroxyl groups excluding tert-OH is 1. The second kappa shape index (κ2) is 6.50. The molecule has 3 N–H and O–H groups in total. The molecule has 0 fully saturated rings. The summed E-state index contributed by atoms with van der Waals surface area (Å²) >= 11 is 0. The largest absolute Gasteiger partial charge is 0.395 e. The van der Waals surface area contributed by atoms with Crippen LogP contribution in [0.2, 0.25) is 0 Å². The number of nitrogens with zero attached hydrogens (tertiary/aromatic N) is 1. The maximum absolute atomic E-state index is 13.3. The van der Waals surface area contributed by atoms with Gasteiger partial charge in [0.25, 0.3) is 0 Å². The molecule has 3 nitrogen and oxygen atoms in total. The molecule has 0 atom stereocenters. The van der Waals surface area contributed by atoms with Crippen LogP contribution in [0.3, 0.4) is 0 Å². The number of rotatable bonds is 6. The van der Waals surface area contributed by atoms with E-state index in [4.69, 9.17) is 10.8 Å². The van der Waals surface area contributed by atoms with Gasteiger partial charge in [-0.2, -0.15) is 0 Å². The Hall–Kier alpha value is -0.970. The Labute approximate surface area is 89.3 Å². The van der Waals surface area contributed by atoms with Gasteiger partial charge in [0.05, 0.1) is 6.61 Å². The summed E-state index contributed by atoms with van der Waals surface area (Å²) in [6, 6.07) is 6.65. The van der Waals surface area contributed by atoms with Crippen molar-refractivity contribution in [3.8, 4) is 0 Å². The highest BCUT2D eigenvalue weighted by Crippen LogP contribution is 2.09. The molecule has 1 aromatic carbocycles. The average molecular weight is 212 g/mol. The van der Waals surface area contributed by atoms with E-state index in [0.717, 1.165) is 0 Å². The number of hydrogen-bond donors (Lipinski definition) is 2. The van der Waals surface area contributed by atoms with Crippen molar-refractivity contribution in [3.63, 3.8) is 0 Å². The summed E-state index contributed by atoms with van der Waals surface area (Å²) in [4.78, 5) is 1.93. The van der Waals surface area contributed by atoms with Gasteiger partial charge in [-0.05, 0) is 6.07 Å². The minimum atomic E-state index is -0.211. The molecule has 4 heteroatoms. The number of halogens is 1. The minimum Gasteiger partial charge on any atom is -0.395 e. The first-order chi connectivity index (χ1) is 7.27. The van der Waals surface area contributed by atoms with Crippen molar-refractivity contribution < 1.29 is 9.50 Å². The number of aliphatic hydroxyl groups is 1. The van der Waals surface area contributed by atoms with Crippen LogP contribution in [0.4, 0.5) is 4.39 Å². The van der Waals surface area contributed by atoms with E-state index < -0.39 is 0 Å². The zero-order valence-electron chi connectivity index (χ0n) is 8.69. The molecular weight excluding hydrogens is 195 g/mol. The van der Waals surface area contributed by atoms with Gasteiger partial charge in [-0.1, -0.05) is 18.2 Å². The molecule has 0 unspecified atom stereocenters. The molecule has 0 aliphatic heterocycles. The van der Waals surface area contributed by atoms with Crippen LogP contribution in [-0.4, -0.2) is 36.2 Å². The average Bonchev–Trinajstić information content (AvgIpc) is 2.22. The van der Waals surface area contributed by atoms with Gasteiger partial charge in [-0.3, -0.25) is 4.90 Å². The summed E-state index contributed by atoms with van der Waals surface area (Å²) in [6.45, 7) is 2.24. The molecule has 1 aromatic rings. The van der Waals surface area contributed by atoms with Crippen molar-refractivity contribution in [2.24, 2.45) is 5.73 Å². The monoisotopic (exact) mass is 212 g/mol. The number of hydrogen-bond acceptors (Lipinski definition) is 3. The quantitative estimate of drug-likeness (QED) is 0.725. The summed E-state index contributed by atoms with van der Waals surface area (Å²) < 4.78 is 13.3. The first-order valence-electron chi connectivity index (χ1n) is 5.04. The molecule has 84 valence electrons. The second-order valence-electron chi connectivity index (χ2n) is 3.38. The molecule has 0 aliphatic carbocycles. The predicted molar refractivity (Wildman–Crippen MR) is 57.8 cm³/mol. The van der Waals surface area contributed by atoms with Gasteiger partial charge in [-0.15, -0.1) is 0 Å². The predicted octanol–water partition coefficient (Wildman–Crippen LogP) is 0.579. The van der Waals surface area contributed by atoms with E-state index in [0.29, 0.717) is 31.7 Å². The summed E-state index contributed by atoms with van der Waals surface area (Å²) in [7, 11) is 0. The van der Waals surface area contributed by atoms with Gasteiger partial charge in [-0.25, -0.2) is 4.39 Å². The zero-order valence-corrected chi connectivity index (χ0v) is 8.69. The van der Waals surface area contributed by atoms with E-state index >= 15 is 0 Å². The fourth-order valence-corrected chi connectivity index (χ4v) is 1.46. The molecule has 0 amide bonds. The summed E-state index contributed by atoms with van der Waals surface area (Å²) in [5.74, 6) is -0.211. The van der Waals surface area contributed by atoms with E-state index in [1.165, 1.54) is 6.07 Å². The lowest BCUT2D eigenvalue weighted by Crippen LogP contribution is -2.31. The highest BCUT2D eigenvalue weighted by Gasteiger charge is 2.07. The van der Waals surface area contributed by atoms with Crippen LogP contribution in [0.25, 0.3) is 0 Å². The van der Waals surface area contributed by atoms with Crippen LogP contribution in [0, 0.1) is 5.82 Å². The van der Waals surface area contributed by atoms with Gasteiger partial charge >= 0.3 is 0 Å². The SMILES string of the molecule is NCCN(CCO)Cc1ccccc1F. The third kappa shape index (κ3) is 3.95. The fourth-order valence-electron chi connectivity index (χ4n) is 1.46. The first-order valence-corrected chi connectivity index (χ1v) is 5.04. The lowest BCUT2D eigenvalue weighted by Gasteiger charge is -2.20. The van der Waals surface area contributed by atoms with Crippen LogP contribution in [0.15, 0.2) is 24.3 Å². The van der Waals surface area contributed by atoms with E-state index in [1.54, 1.807) is 18.2 Å². The normalized spacial score (nSPS) is 10.9. The Morgan fingerprint density at radius 1 is 1.27 bits per heavy atom. The van der Waals surface area contributed by atoms with E-state index in [2.05, 4.69) is 0 Å². The Morgan fingerprint density at radius 2 is 2.00 bits per heavy atom. The maximum Gasteiger partial charge on any atom is 0.127 e. The molecule has 1 rings (SSSR count). The maximum atomic E-state index is 13.3. The van der Waals surface area contributed by atoms with Crippen molar-refractivity contribution in [2.75, 3.05) is 26.2 Å². The van der Waals surface area contributed by atoms with Crippen LogP contribution < -0.4 is 5.73 Å². The van der Waals surface area contributed by atoms with Crippen molar-refractivity contribution in [2.45, 2.75) is 6.54 Å². The third-order valence-corrected chi connectivity index (χ3v) is 2.21. The van der Waals surface area contributed by atoms with E-state index in [1.807, 2.05) is 4.90 Å².